The van der Waals surface area contributed by atoms with E-state index < -0.39 is 0 Å². The molecule has 1 fully saturated rings. The number of allylic oxidation sites excluding steroid dienone is 1. The number of nitrogens with zero attached hydrogens (tertiary/aromatic N) is 1. The van der Waals surface area contributed by atoms with Crippen molar-refractivity contribution in [2.75, 3.05) is 13.2 Å². The van der Waals surface area contributed by atoms with Crippen LogP contribution in [0.5, 0.6) is 0 Å². The Hall–Kier alpha value is -1.81. The van der Waals surface area contributed by atoms with E-state index in [1.165, 1.54) is 5.56 Å². The first kappa shape index (κ1) is 16.1. The molecule has 0 unspecified atom stereocenters. The van der Waals surface area contributed by atoms with Gasteiger partial charge in [0.1, 0.15) is 0 Å². The minimum Gasteiger partial charge on any atom is -0.488 e. The lowest BCUT2D eigenvalue weighted by molar-refractivity contribution is -0.122. The molecule has 1 aromatic carbocycles. The summed E-state index contributed by atoms with van der Waals surface area (Å²) in [5.74, 6) is 0.467. The first-order valence-electron chi connectivity index (χ1n) is 8.64. The summed E-state index contributed by atoms with van der Waals surface area (Å²) < 4.78 is 5.45. The summed E-state index contributed by atoms with van der Waals surface area (Å²) in [6.45, 7) is 4.90. The second-order valence-electron chi connectivity index (χ2n) is 6.56. The quantitative estimate of drug-likeness (QED) is 0.929. The van der Waals surface area contributed by atoms with Crippen molar-refractivity contribution in [1.29, 1.82) is 0 Å². The number of likely N-dealkylation sites (tertiary alicyclic amines) is 1. The van der Waals surface area contributed by atoms with Crippen LogP contribution < -0.4 is 5.32 Å². The van der Waals surface area contributed by atoms with Crippen molar-refractivity contribution in [3.8, 4) is 0 Å². The Morgan fingerprint density at radius 2 is 2.17 bits per heavy atom. The average Bonchev–Trinajstić information content (AvgIpc) is 2.59. The maximum atomic E-state index is 12.2. The van der Waals surface area contributed by atoms with Crippen LogP contribution in [0.2, 0.25) is 0 Å². The molecular weight excluding hydrogens is 288 g/mol. The van der Waals surface area contributed by atoms with E-state index in [9.17, 15) is 4.79 Å². The lowest BCUT2D eigenvalue weighted by atomic mass is 9.97. The van der Waals surface area contributed by atoms with Crippen LogP contribution in [0.1, 0.15) is 38.2 Å². The number of hydrogen-bond acceptors (Lipinski definition) is 3. The highest BCUT2D eigenvalue weighted by molar-refractivity contribution is 5.91. The molecule has 2 aliphatic rings. The summed E-state index contributed by atoms with van der Waals surface area (Å²) in [6, 6.07) is 11.3. The van der Waals surface area contributed by atoms with Crippen molar-refractivity contribution in [3.05, 3.63) is 47.7 Å². The van der Waals surface area contributed by atoms with Crippen molar-refractivity contribution in [2.24, 2.45) is 0 Å². The van der Waals surface area contributed by atoms with Crippen molar-refractivity contribution in [3.63, 3.8) is 0 Å². The number of hydrogen-bond donors (Lipinski definition) is 1. The molecule has 0 saturated carbocycles. The smallest absolute Gasteiger partial charge is 0.286 e. The number of rotatable bonds is 4. The molecule has 124 valence electrons. The van der Waals surface area contributed by atoms with Gasteiger partial charge in [0.2, 0.25) is 0 Å². The Kier molecular flexibility index (Phi) is 5.34. The van der Waals surface area contributed by atoms with Crippen LogP contribution in [0.15, 0.2) is 42.2 Å². The minimum atomic E-state index is -0.0431. The molecule has 2 atom stereocenters. The molecule has 4 heteroatoms. The largest absolute Gasteiger partial charge is 0.488 e. The molecule has 4 nitrogen and oxygen atoms in total. The van der Waals surface area contributed by atoms with E-state index in [1.54, 1.807) is 0 Å². The van der Waals surface area contributed by atoms with E-state index in [2.05, 4.69) is 47.5 Å². The van der Waals surface area contributed by atoms with Crippen LogP contribution in [-0.2, 0) is 16.1 Å². The molecule has 2 aliphatic heterocycles. The van der Waals surface area contributed by atoms with Crippen LogP contribution in [0, 0.1) is 0 Å². The Bertz CT molecular complexity index is 556. The maximum Gasteiger partial charge on any atom is 0.286 e. The fourth-order valence-corrected chi connectivity index (χ4v) is 3.38. The Labute approximate surface area is 138 Å². The number of amides is 1. The van der Waals surface area contributed by atoms with Gasteiger partial charge in [-0.05, 0) is 44.2 Å². The van der Waals surface area contributed by atoms with Crippen LogP contribution in [0.25, 0.3) is 0 Å². The van der Waals surface area contributed by atoms with E-state index in [0.717, 1.165) is 38.8 Å². The predicted octanol–water partition coefficient (Wildman–Crippen LogP) is 2.85. The van der Waals surface area contributed by atoms with Gasteiger partial charge in [0, 0.05) is 25.2 Å². The van der Waals surface area contributed by atoms with Gasteiger partial charge in [-0.15, -0.1) is 0 Å². The highest BCUT2D eigenvalue weighted by Crippen LogP contribution is 2.20. The molecule has 0 aromatic heterocycles. The first-order chi connectivity index (χ1) is 11.2. The standard InChI is InChI=1S/C19H26N2O2/c1-15-13-17(20-19(22)18-9-5-6-12-23-18)10-11-21(15)14-16-7-3-2-4-8-16/h2-4,7-9,15,17H,5-6,10-14H2,1H3,(H,20,22)/t15-,17+/m0/s1. The van der Waals surface area contributed by atoms with Gasteiger partial charge in [0.25, 0.3) is 5.91 Å². The number of carbonyl (C=O) groups excluding carboxylic acids is 1. The van der Waals surface area contributed by atoms with Gasteiger partial charge < -0.3 is 10.1 Å². The number of ether oxygens (including phenoxy) is 1. The molecule has 0 aliphatic carbocycles. The molecule has 3 rings (SSSR count). The fraction of sp³-hybridized carbons (Fsp3) is 0.526. The van der Waals surface area contributed by atoms with Crippen LogP contribution in [0.3, 0.4) is 0 Å². The second kappa shape index (κ2) is 7.64. The summed E-state index contributed by atoms with van der Waals surface area (Å²) in [6.07, 6.45) is 5.84. The van der Waals surface area contributed by atoms with Crippen LogP contribution >= 0.6 is 0 Å². The highest BCUT2D eigenvalue weighted by Gasteiger charge is 2.27. The molecule has 0 radical (unpaired) electrons. The third-order valence-corrected chi connectivity index (χ3v) is 4.74. The number of nitrogens with one attached hydrogen (secondary N) is 1. The van der Waals surface area contributed by atoms with Gasteiger partial charge in [0.15, 0.2) is 5.76 Å². The monoisotopic (exact) mass is 314 g/mol. The van der Waals surface area contributed by atoms with Gasteiger partial charge in [-0.2, -0.15) is 0 Å². The molecule has 1 saturated heterocycles. The Balaban J connectivity index is 1.50. The van der Waals surface area contributed by atoms with Crippen molar-refractivity contribution < 1.29 is 9.53 Å². The first-order valence-corrected chi connectivity index (χ1v) is 8.64. The van der Waals surface area contributed by atoms with Crippen LogP contribution in [0.4, 0.5) is 0 Å². The lowest BCUT2D eigenvalue weighted by Crippen LogP contribution is -2.48. The van der Waals surface area contributed by atoms with E-state index in [1.807, 2.05) is 6.08 Å². The zero-order chi connectivity index (χ0) is 16.1. The van der Waals surface area contributed by atoms with Crippen molar-refractivity contribution >= 4 is 5.91 Å². The van der Waals surface area contributed by atoms with E-state index >= 15 is 0 Å². The average molecular weight is 314 g/mol. The van der Waals surface area contributed by atoms with E-state index in [0.29, 0.717) is 18.4 Å². The summed E-state index contributed by atoms with van der Waals surface area (Å²) in [5, 5.41) is 3.14. The number of carbonyl (C=O) groups is 1. The van der Waals surface area contributed by atoms with E-state index in [-0.39, 0.29) is 11.9 Å². The number of piperidine rings is 1. The molecule has 2 heterocycles. The van der Waals surface area contributed by atoms with Crippen LogP contribution in [-0.4, -0.2) is 36.0 Å². The molecule has 1 N–H and O–H groups in total. The summed E-state index contributed by atoms with van der Waals surface area (Å²) in [5.41, 5.74) is 1.35. The lowest BCUT2D eigenvalue weighted by Gasteiger charge is -2.38. The van der Waals surface area contributed by atoms with Gasteiger partial charge in [-0.3, -0.25) is 9.69 Å². The molecular formula is C19H26N2O2. The fourth-order valence-electron chi connectivity index (χ4n) is 3.38. The third-order valence-electron chi connectivity index (χ3n) is 4.74. The maximum absolute atomic E-state index is 12.2. The molecule has 1 amide bonds. The SMILES string of the molecule is C[C@H]1C[C@H](NC(=O)C2=CCCCO2)CCN1Cc1ccccc1. The summed E-state index contributed by atoms with van der Waals surface area (Å²) in [4.78, 5) is 14.7. The molecule has 0 spiro atoms. The van der Waals surface area contributed by atoms with Gasteiger partial charge in [-0.25, -0.2) is 0 Å². The second-order valence-corrected chi connectivity index (χ2v) is 6.56. The minimum absolute atomic E-state index is 0.0431. The molecule has 1 aromatic rings. The highest BCUT2D eigenvalue weighted by atomic mass is 16.5. The van der Waals surface area contributed by atoms with Gasteiger partial charge in [-0.1, -0.05) is 30.3 Å². The normalized spacial score (nSPS) is 25.3. The zero-order valence-electron chi connectivity index (χ0n) is 13.8. The van der Waals surface area contributed by atoms with Gasteiger partial charge >= 0.3 is 0 Å². The van der Waals surface area contributed by atoms with Crippen molar-refractivity contribution in [1.82, 2.24) is 10.2 Å². The molecule has 0 bridgehead atoms. The van der Waals surface area contributed by atoms with Gasteiger partial charge in [0.05, 0.1) is 6.61 Å². The summed E-state index contributed by atoms with van der Waals surface area (Å²) >= 11 is 0. The topological polar surface area (TPSA) is 41.6 Å². The van der Waals surface area contributed by atoms with E-state index in [4.69, 9.17) is 4.74 Å². The molecule has 23 heavy (non-hydrogen) atoms. The Morgan fingerprint density at radius 3 is 2.87 bits per heavy atom. The summed E-state index contributed by atoms with van der Waals surface area (Å²) in [7, 11) is 0. The number of benzene rings is 1. The van der Waals surface area contributed by atoms with Crippen molar-refractivity contribution in [2.45, 2.75) is 51.2 Å². The zero-order valence-corrected chi connectivity index (χ0v) is 13.8. The Morgan fingerprint density at radius 1 is 1.35 bits per heavy atom. The third kappa shape index (κ3) is 4.35. The predicted molar refractivity (Wildman–Crippen MR) is 90.7 cm³/mol.